The molecule has 0 saturated carbocycles. The molecule has 0 aromatic carbocycles. The summed E-state index contributed by atoms with van der Waals surface area (Å²) in [4.78, 5) is 27.5. The van der Waals surface area contributed by atoms with Crippen molar-refractivity contribution in [3.8, 4) is 0 Å². The van der Waals surface area contributed by atoms with Crippen LogP contribution in [0.4, 0.5) is 0 Å². The summed E-state index contributed by atoms with van der Waals surface area (Å²) in [6.45, 7) is 21.3. The van der Waals surface area contributed by atoms with Crippen molar-refractivity contribution in [1.82, 2.24) is 10.2 Å². The molecule has 0 aromatic rings. The Morgan fingerprint density at radius 2 is 1.62 bits per heavy atom. The SMILES string of the molecule is CC(C)C(=O)NC1=NC=N[C@H]2[C@H]1N=CN2[C@@H]1O[C@@H]2CO[Si](C(C)C)(C(C)C)O[Si](C(C)C)(C(C)C)O[C@H]2[C@H]1O. The molecule has 1 amide bonds. The van der Waals surface area contributed by atoms with Crippen LogP contribution in [0.2, 0.25) is 22.2 Å². The lowest BCUT2D eigenvalue weighted by molar-refractivity contribution is -0.122. The van der Waals surface area contributed by atoms with Gasteiger partial charge < -0.3 is 33.0 Å². The van der Waals surface area contributed by atoms with Gasteiger partial charge in [0.05, 0.1) is 12.9 Å². The van der Waals surface area contributed by atoms with E-state index in [0.29, 0.717) is 5.84 Å². The second kappa shape index (κ2) is 11.4. The largest absolute Gasteiger partial charge is 0.414 e. The minimum absolute atomic E-state index is 0.135. The number of aliphatic imine (C=N–C) groups is 3. The molecule has 0 spiro atoms. The molecule has 11 nitrogen and oxygen atoms in total. The molecule has 0 aromatic heterocycles. The van der Waals surface area contributed by atoms with Gasteiger partial charge in [-0.05, 0) is 22.2 Å². The minimum Gasteiger partial charge on any atom is -0.414 e. The van der Waals surface area contributed by atoms with Gasteiger partial charge in [-0.2, -0.15) is 0 Å². The maximum absolute atomic E-state index is 12.3. The zero-order chi connectivity index (χ0) is 28.9. The number of nitrogens with one attached hydrogen (secondary N) is 1. The molecule has 2 N–H and O–H groups in total. The zero-order valence-electron chi connectivity index (χ0n) is 25.0. The van der Waals surface area contributed by atoms with Crippen LogP contribution in [0.15, 0.2) is 15.0 Å². The van der Waals surface area contributed by atoms with Gasteiger partial charge in [-0.3, -0.25) is 9.79 Å². The third-order valence-electron chi connectivity index (χ3n) is 8.36. The second-order valence-electron chi connectivity index (χ2n) is 12.6. The molecule has 2 saturated heterocycles. The summed E-state index contributed by atoms with van der Waals surface area (Å²) in [6.07, 6.45) is -0.260. The Bertz CT molecular complexity index is 987. The van der Waals surface area contributed by atoms with Crippen molar-refractivity contribution in [1.29, 1.82) is 0 Å². The molecule has 2 fully saturated rings. The maximum atomic E-state index is 12.3. The summed E-state index contributed by atoms with van der Waals surface area (Å²) in [5, 5.41) is 14.6. The molecule has 6 atom stereocenters. The van der Waals surface area contributed by atoms with Crippen LogP contribution in [0.25, 0.3) is 0 Å². The fourth-order valence-electron chi connectivity index (χ4n) is 6.04. The second-order valence-corrected chi connectivity index (χ2v) is 21.5. The van der Waals surface area contributed by atoms with E-state index in [1.54, 1.807) is 11.2 Å². The average molecular weight is 582 g/mol. The standard InChI is InChI=1S/C26H47N5O6Si2/c1-14(2)25(33)30-23-20-24(28-12-27-23)31(13-29-20)26-21(32)22-19(35-26)11-34-38(15(3)4,16(5)6)37-39(36-22,17(7)8)18(9)10/h12-22,24,26,32H,11H2,1-10H3,(H,27,28,30,33)/t19-,20+,21-,22-,24-,26-/m1/s1. The number of aliphatic hydroxyl groups is 1. The smallest absolute Gasteiger partial charge is 0.335 e. The number of hydrogen-bond acceptors (Lipinski definition) is 10. The number of hydrogen-bond donors (Lipinski definition) is 2. The van der Waals surface area contributed by atoms with E-state index in [4.69, 9.17) is 17.7 Å². The molecule has 4 rings (SSSR count). The third kappa shape index (κ3) is 5.31. The van der Waals surface area contributed by atoms with Crippen molar-refractivity contribution in [3.05, 3.63) is 0 Å². The van der Waals surface area contributed by atoms with Crippen molar-refractivity contribution in [2.75, 3.05) is 6.61 Å². The van der Waals surface area contributed by atoms with Crippen molar-refractivity contribution >= 4 is 41.5 Å². The minimum atomic E-state index is -2.90. The first-order chi connectivity index (χ1) is 18.2. The van der Waals surface area contributed by atoms with Crippen LogP contribution in [0.3, 0.4) is 0 Å². The van der Waals surface area contributed by atoms with Gasteiger partial charge in [0.15, 0.2) is 18.4 Å². The van der Waals surface area contributed by atoms with Gasteiger partial charge in [0.1, 0.15) is 30.5 Å². The molecule has 39 heavy (non-hydrogen) atoms. The predicted octanol–water partition coefficient (Wildman–Crippen LogP) is 3.28. The van der Waals surface area contributed by atoms with E-state index < -0.39 is 53.9 Å². The highest BCUT2D eigenvalue weighted by Crippen LogP contribution is 2.48. The van der Waals surface area contributed by atoms with Gasteiger partial charge in [0.25, 0.3) is 0 Å². The van der Waals surface area contributed by atoms with Gasteiger partial charge in [0, 0.05) is 5.92 Å². The molecule has 0 bridgehead atoms. The van der Waals surface area contributed by atoms with Gasteiger partial charge >= 0.3 is 17.1 Å². The van der Waals surface area contributed by atoms with Crippen LogP contribution in [0.5, 0.6) is 0 Å². The Labute approximate surface area is 235 Å². The predicted molar refractivity (Wildman–Crippen MR) is 155 cm³/mol. The monoisotopic (exact) mass is 581 g/mol. The van der Waals surface area contributed by atoms with Crippen molar-refractivity contribution < 1.29 is 27.6 Å². The summed E-state index contributed by atoms with van der Waals surface area (Å²) in [5.41, 5.74) is 0.705. The van der Waals surface area contributed by atoms with E-state index in [0.717, 1.165) is 0 Å². The maximum Gasteiger partial charge on any atom is 0.335 e. The number of rotatable bonds is 6. The van der Waals surface area contributed by atoms with Gasteiger partial charge in [-0.1, -0.05) is 69.2 Å². The van der Waals surface area contributed by atoms with E-state index in [2.05, 4.69) is 75.7 Å². The number of ether oxygens (including phenoxy) is 1. The van der Waals surface area contributed by atoms with Crippen LogP contribution in [0, 0.1) is 5.92 Å². The molecule has 0 radical (unpaired) electrons. The molecule has 4 aliphatic rings. The molecule has 0 aliphatic carbocycles. The van der Waals surface area contributed by atoms with Crippen molar-refractivity contribution in [2.24, 2.45) is 20.9 Å². The summed E-state index contributed by atoms with van der Waals surface area (Å²) in [5.74, 6) is 0.111. The summed E-state index contributed by atoms with van der Waals surface area (Å²) >= 11 is 0. The van der Waals surface area contributed by atoms with E-state index in [1.165, 1.54) is 6.34 Å². The zero-order valence-corrected chi connectivity index (χ0v) is 27.0. The number of aliphatic hydroxyl groups excluding tert-OH is 1. The number of carbonyl (C=O) groups is 1. The lowest BCUT2D eigenvalue weighted by atomic mass is 10.1. The fourth-order valence-corrected chi connectivity index (χ4v) is 17.3. The van der Waals surface area contributed by atoms with E-state index >= 15 is 0 Å². The number of carbonyl (C=O) groups excluding carboxylic acids is 1. The highest BCUT2D eigenvalue weighted by Gasteiger charge is 2.62. The first-order valence-electron chi connectivity index (χ1n) is 14.3. The Kier molecular flexibility index (Phi) is 8.92. The number of amidine groups is 1. The molecule has 220 valence electrons. The van der Waals surface area contributed by atoms with Crippen LogP contribution in [-0.2, 0) is 22.5 Å². The number of fused-ring (bicyclic) bond motifs is 2. The Hall–Kier alpha value is -1.49. The van der Waals surface area contributed by atoms with E-state index in [9.17, 15) is 9.90 Å². The molecular formula is C26H47N5O6Si2. The lowest BCUT2D eigenvalue weighted by Crippen LogP contribution is -2.66. The van der Waals surface area contributed by atoms with Crippen molar-refractivity contribution in [3.63, 3.8) is 0 Å². The van der Waals surface area contributed by atoms with Gasteiger partial charge in [-0.25, -0.2) is 9.98 Å². The average Bonchev–Trinajstić information content (AvgIpc) is 3.39. The van der Waals surface area contributed by atoms with Crippen molar-refractivity contribution in [2.45, 2.75) is 128 Å². The van der Waals surface area contributed by atoms with Gasteiger partial charge in [-0.15, -0.1) is 0 Å². The third-order valence-corrected chi connectivity index (χ3v) is 18.6. The van der Waals surface area contributed by atoms with Crippen LogP contribution >= 0.6 is 0 Å². The number of nitrogens with zero attached hydrogens (tertiary/aromatic N) is 4. The molecule has 4 aliphatic heterocycles. The highest BCUT2D eigenvalue weighted by atomic mass is 28.5. The fraction of sp³-hybridized carbons (Fsp3) is 0.846. The Morgan fingerprint density at radius 1 is 1.00 bits per heavy atom. The van der Waals surface area contributed by atoms with E-state index in [1.807, 2.05) is 13.8 Å². The summed E-state index contributed by atoms with van der Waals surface area (Å²) in [6, 6.07) is -0.496. The topological polar surface area (TPSA) is 127 Å². The highest BCUT2D eigenvalue weighted by molar-refractivity contribution is 6.84. The van der Waals surface area contributed by atoms with Crippen LogP contribution < -0.4 is 5.32 Å². The first-order valence-corrected chi connectivity index (χ1v) is 18.3. The molecule has 0 unspecified atom stereocenters. The summed E-state index contributed by atoms with van der Waals surface area (Å²) in [7, 11) is -5.63. The van der Waals surface area contributed by atoms with Crippen LogP contribution in [-0.4, -0.2) is 94.9 Å². The quantitative estimate of drug-likeness (QED) is 0.461. The Balaban J connectivity index is 1.62. The molecule has 4 heterocycles. The van der Waals surface area contributed by atoms with Crippen LogP contribution in [0.1, 0.15) is 69.2 Å². The normalized spacial score (nSPS) is 33.5. The Morgan fingerprint density at radius 3 is 2.18 bits per heavy atom. The van der Waals surface area contributed by atoms with Gasteiger partial charge in [0.2, 0.25) is 5.91 Å². The first kappa shape index (κ1) is 30.5. The molecular weight excluding hydrogens is 534 g/mol. The lowest BCUT2D eigenvalue weighted by Gasteiger charge is -2.51. The number of amides is 1. The summed E-state index contributed by atoms with van der Waals surface area (Å²) < 4.78 is 27.6. The molecule has 13 heteroatoms. The van der Waals surface area contributed by atoms with E-state index in [-0.39, 0.29) is 40.6 Å².